The van der Waals surface area contributed by atoms with Crippen LogP contribution >= 0.6 is 11.6 Å². The minimum atomic E-state index is -0.232. The van der Waals surface area contributed by atoms with Gasteiger partial charge in [0.25, 0.3) is 0 Å². The quantitative estimate of drug-likeness (QED) is 0.664. The van der Waals surface area contributed by atoms with Gasteiger partial charge in [-0.15, -0.1) is 0 Å². The number of benzene rings is 1. The maximum absolute atomic E-state index is 12.6. The number of halogens is 1. The summed E-state index contributed by atoms with van der Waals surface area (Å²) < 4.78 is 0. The normalized spacial score (nSPS) is 29.4. The van der Waals surface area contributed by atoms with Crippen LogP contribution in [0.25, 0.3) is 0 Å². The Kier molecular flexibility index (Phi) is 3.91. The number of likely N-dealkylation sites (tertiary alicyclic amines) is 1. The first kappa shape index (κ1) is 16.3. The Morgan fingerprint density at radius 1 is 1.20 bits per heavy atom. The molecule has 4 rings (SSSR count). The van der Waals surface area contributed by atoms with E-state index in [1.165, 1.54) is 4.90 Å². The van der Waals surface area contributed by atoms with Crippen LogP contribution in [0.2, 0.25) is 5.02 Å². The highest BCUT2D eigenvalue weighted by Gasteiger charge is 2.58. The standard InChI is InChI=1S/C19H19ClN2O3/c1-10-13(20)3-2-4-14(10)21-15(23)7-8-22-18(24)16-11-5-6-12(9-11)17(16)19(22)25/h2-6,11-12,16-17H,7-9H2,1H3,(H,21,23)/t11-,12+,16+,17-. The number of nitrogens with one attached hydrogen (secondary N) is 1. The molecule has 130 valence electrons. The van der Waals surface area contributed by atoms with Gasteiger partial charge in [-0.1, -0.05) is 29.8 Å². The van der Waals surface area contributed by atoms with E-state index in [2.05, 4.69) is 17.5 Å². The van der Waals surface area contributed by atoms with E-state index in [-0.39, 0.29) is 54.4 Å². The van der Waals surface area contributed by atoms with Gasteiger partial charge in [-0.2, -0.15) is 0 Å². The molecule has 1 aliphatic heterocycles. The SMILES string of the molecule is Cc1c(Cl)cccc1NC(=O)CCN1C(=O)[C@@H]2[C@H](C1=O)[C@H]1C=C[C@@H]2C1. The van der Waals surface area contributed by atoms with E-state index < -0.39 is 0 Å². The van der Waals surface area contributed by atoms with Gasteiger partial charge in [0, 0.05) is 23.7 Å². The highest BCUT2D eigenvalue weighted by molar-refractivity contribution is 6.31. The maximum atomic E-state index is 12.6. The molecule has 4 atom stereocenters. The van der Waals surface area contributed by atoms with Crippen LogP contribution in [0.1, 0.15) is 18.4 Å². The Morgan fingerprint density at radius 2 is 1.84 bits per heavy atom. The summed E-state index contributed by atoms with van der Waals surface area (Å²) >= 11 is 6.05. The first-order valence-electron chi connectivity index (χ1n) is 8.56. The van der Waals surface area contributed by atoms with E-state index in [1.807, 2.05) is 6.92 Å². The van der Waals surface area contributed by atoms with Crippen molar-refractivity contribution < 1.29 is 14.4 Å². The third-order valence-electron chi connectivity index (χ3n) is 5.67. The number of hydrogen-bond acceptors (Lipinski definition) is 3. The fourth-order valence-corrected chi connectivity index (χ4v) is 4.53. The molecule has 2 aliphatic carbocycles. The number of anilines is 1. The molecule has 1 N–H and O–H groups in total. The van der Waals surface area contributed by atoms with E-state index in [0.717, 1.165) is 12.0 Å². The molecule has 6 heteroatoms. The lowest BCUT2D eigenvalue weighted by Gasteiger charge is -2.17. The van der Waals surface area contributed by atoms with Crippen LogP contribution in [-0.2, 0) is 14.4 Å². The summed E-state index contributed by atoms with van der Waals surface area (Å²) in [5.41, 5.74) is 1.44. The topological polar surface area (TPSA) is 66.5 Å². The summed E-state index contributed by atoms with van der Waals surface area (Å²) in [5.74, 6) is -0.485. The molecule has 2 fully saturated rings. The Bertz CT molecular complexity index is 774. The van der Waals surface area contributed by atoms with E-state index in [1.54, 1.807) is 18.2 Å². The minimum Gasteiger partial charge on any atom is -0.326 e. The summed E-state index contributed by atoms with van der Waals surface area (Å²) in [6.07, 6.45) is 5.13. The van der Waals surface area contributed by atoms with Crippen LogP contribution < -0.4 is 5.32 Å². The zero-order valence-electron chi connectivity index (χ0n) is 13.9. The fourth-order valence-electron chi connectivity index (χ4n) is 4.35. The largest absolute Gasteiger partial charge is 0.326 e. The van der Waals surface area contributed by atoms with Gasteiger partial charge < -0.3 is 5.32 Å². The molecule has 1 heterocycles. The Labute approximate surface area is 151 Å². The number of allylic oxidation sites excluding steroid dienone is 2. The second-order valence-corrected chi connectivity index (χ2v) is 7.45. The fraction of sp³-hybridized carbons (Fsp3) is 0.421. The molecule has 0 aromatic heterocycles. The van der Waals surface area contributed by atoms with Gasteiger partial charge in [0.05, 0.1) is 11.8 Å². The Balaban J connectivity index is 1.39. The zero-order valence-corrected chi connectivity index (χ0v) is 14.6. The molecule has 0 spiro atoms. The van der Waals surface area contributed by atoms with Gasteiger partial charge in [-0.05, 0) is 42.9 Å². The lowest BCUT2D eigenvalue weighted by atomic mass is 9.85. The average Bonchev–Trinajstić information content (AvgIpc) is 3.25. The molecule has 3 amide bonds. The van der Waals surface area contributed by atoms with Crippen LogP contribution in [-0.4, -0.2) is 29.2 Å². The Hall–Kier alpha value is -2.14. The zero-order chi connectivity index (χ0) is 17.7. The van der Waals surface area contributed by atoms with Crippen molar-refractivity contribution in [3.8, 4) is 0 Å². The molecule has 1 saturated heterocycles. The van der Waals surface area contributed by atoms with Crippen LogP contribution in [0.5, 0.6) is 0 Å². The summed E-state index contributed by atoms with van der Waals surface area (Å²) in [6, 6.07) is 5.30. The van der Waals surface area contributed by atoms with Crippen LogP contribution in [0.15, 0.2) is 30.4 Å². The molecule has 5 nitrogen and oxygen atoms in total. The summed E-state index contributed by atoms with van der Waals surface area (Å²) in [7, 11) is 0. The van der Waals surface area contributed by atoms with Crippen molar-refractivity contribution in [2.45, 2.75) is 19.8 Å². The van der Waals surface area contributed by atoms with Crippen molar-refractivity contribution >= 4 is 35.0 Å². The average molecular weight is 359 g/mol. The summed E-state index contributed by atoms with van der Waals surface area (Å²) in [4.78, 5) is 38.7. The lowest BCUT2D eigenvalue weighted by molar-refractivity contribution is -0.140. The van der Waals surface area contributed by atoms with Gasteiger partial charge in [-0.3, -0.25) is 19.3 Å². The number of hydrogen-bond donors (Lipinski definition) is 1. The predicted molar refractivity (Wildman–Crippen MR) is 93.9 cm³/mol. The van der Waals surface area contributed by atoms with Crippen molar-refractivity contribution in [1.29, 1.82) is 0 Å². The Morgan fingerprint density at radius 3 is 2.48 bits per heavy atom. The van der Waals surface area contributed by atoms with Crippen molar-refractivity contribution in [3.63, 3.8) is 0 Å². The number of amides is 3. The molecule has 0 radical (unpaired) electrons. The number of imide groups is 1. The highest BCUT2D eigenvalue weighted by atomic mass is 35.5. The maximum Gasteiger partial charge on any atom is 0.233 e. The van der Waals surface area contributed by atoms with E-state index in [0.29, 0.717) is 10.7 Å². The van der Waals surface area contributed by atoms with E-state index in [9.17, 15) is 14.4 Å². The molecule has 2 bridgehead atoms. The number of carbonyl (C=O) groups excluding carboxylic acids is 3. The first-order valence-corrected chi connectivity index (χ1v) is 8.93. The highest BCUT2D eigenvalue weighted by Crippen LogP contribution is 2.52. The van der Waals surface area contributed by atoms with Gasteiger partial charge in [0.2, 0.25) is 17.7 Å². The van der Waals surface area contributed by atoms with Crippen molar-refractivity contribution in [3.05, 3.63) is 40.9 Å². The predicted octanol–water partition coefficient (Wildman–Crippen LogP) is 2.78. The van der Waals surface area contributed by atoms with E-state index >= 15 is 0 Å². The van der Waals surface area contributed by atoms with Crippen molar-refractivity contribution in [1.82, 2.24) is 4.90 Å². The van der Waals surface area contributed by atoms with Gasteiger partial charge in [0.1, 0.15) is 0 Å². The molecule has 1 aromatic carbocycles. The van der Waals surface area contributed by atoms with Gasteiger partial charge in [0.15, 0.2) is 0 Å². The van der Waals surface area contributed by atoms with E-state index in [4.69, 9.17) is 11.6 Å². The molecule has 25 heavy (non-hydrogen) atoms. The number of rotatable bonds is 4. The second-order valence-electron chi connectivity index (χ2n) is 7.04. The molecule has 3 aliphatic rings. The number of nitrogens with zero attached hydrogens (tertiary/aromatic N) is 1. The third-order valence-corrected chi connectivity index (χ3v) is 6.08. The van der Waals surface area contributed by atoms with Gasteiger partial charge in [-0.25, -0.2) is 0 Å². The van der Waals surface area contributed by atoms with Crippen LogP contribution in [0.3, 0.4) is 0 Å². The molecule has 1 aromatic rings. The third kappa shape index (κ3) is 2.58. The summed E-state index contributed by atoms with van der Waals surface area (Å²) in [5, 5.41) is 3.38. The van der Waals surface area contributed by atoms with Crippen molar-refractivity contribution in [2.24, 2.45) is 23.7 Å². The monoisotopic (exact) mass is 358 g/mol. The number of carbonyl (C=O) groups is 3. The molecule has 1 saturated carbocycles. The number of fused-ring (bicyclic) bond motifs is 5. The lowest BCUT2D eigenvalue weighted by Crippen LogP contribution is -2.35. The second kappa shape index (κ2) is 5.99. The van der Waals surface area contributed by atoms with Crippen LogP contribution in [0.4, 0.5) is 5.69 Å². The smallest absolute Gasteiger partial charge is 0.233 e. The summed E-state index contributed by atoms with van der Waals surface area (Å²) in [6.45, 7) is 1.96. The molecule has 0 unspecified atom stereocenters. The molecular formula is C19H19ClN2O3. The van der Waals surface area contributed by atoms with Gasteiger partial charge >= 0.3 is 0 Å². The molecular weight excluding hydrogens is 340 g/mol. The van der Waals surface area contributed by atoms with Crippen LogP contribution in [0, 0.1) is 30.6 Å². The van der Waals surface area contributed by atoms with Crippen molar-refractivity contribution in [2.75, 3.05) is 11.9 Å². The minimum absolute atomic E-state index is 0.0889. The first-order chi connectivity index (χ1) is 12.0.